The Bertz CT molecular complexity index is 1440. The Morgan fingerprint density at radius 1 is 0.943 bits per heavy atom. The molecule has 2 aromatic heterocycles. The molecule has 0 N–H and O–H groups in total. The van der Waals surface area contributed by atoms with Gasteiger partial charge in [0.15, 0.2) is 11.4 Å². The van der Waals surface area contributed by atoms with E-state index < -0.39 is 0 Å². The van der Waals surface area contributed by atoms with Crippen molar-refractivity contribution in [2.75, 3.05) is 18.0 Å². The summed E-state index contributed by atoms with van der Waals surface area (Å²) in [7, 11) is 0. The van der Waals surface area contributed by atoms with Crippen LogP contribution in [0.2, 0.25) is 0 Å². The van der Waals surface area contributed by atoms with Crippen molar-refractivity contribution in [2.24, 2.45) is 0 Å². The van der Waals surface area contributed by atoms with Gasteiger partial charge in [-0.2, -0.15) is 0 Å². The van der Waals surface area contributed by atoms with Crippen molar-refractivity contribution < 1.29 is 4.79 Å². The van der Waals surface area contributed by atoms with Crippen molar-refractivity contribution in [1.29, 1.82) is 0 Å². The number of carbonyl (C=O) groups is 1. The molecule has 0 unspecified atom stereocenters. The molecule has 0 amide bonds. The van der Waals surface area contributed by atoms with E-state index in [4.69, 9.17) is 4.98 Å². The fourth-order valence-corrected chi connectivity index (χ4v) is 4.52. The van der Waals surface area contributed by atoms with Crippen molar-refractivity contribution in [3.8, 4) is 5.69 Å². The van der Waals surface area contributed by atoms with Crippen molar-refractivity contribution in [1.82, 2.24) is 19.5 Å². The van der Waals surface area contributed by atoms with Gasteiger partial charge < -0.3 is 4.90 Å². The molecule has 2 aromatic carbocycles. The number of piperidine rings is 1. The minimum atomic E-state index is -0.291. The predicted octanol–water partition coefficient (Wildman–Crippen LogP) is 4.05. The van der Waals surface area contributed by atoms with E-state index in [0.29, 0.717) is 29.1 Å². The maximum absolute atomic E-state index is 12.8. The third kappa shape index (κ3) is 5.04. The zero-order chi connectivity index (χ0) is 24.2. The molecule has 1 aliphatic rings. The zero-order valence-corrected chi connectivity index (χ0v) is 19.6. The fourth-order valence-electron chi connectivity index (χ4n) is 4.52. The first kappa shape index (κ1) is 22.7. The highest BCUT2D eigenvalue weighted by Gasteiger charge is 2.13. The fraction of sp³-hybridized carbons (Fsp3) is 0.250. The van der Waals surface area contributed by atoms with Crippen molar-refractivity contribution in [2.45, 2.75) is 32.1 Å². The zero-order valence-electron chi connectivity index (χ0n) is 19.6. The number of rotatable bonds is 7. The number of fused-ring (bicyclic) bond motifs is 1. The van der Waals surface area contributed by atoms with Crippen LogP contribution in [-0.2, 0) is 17.6 Å². The summed E-state index contributed by atoms with van der Waals surface area (Å²) in [5.41, 5.74) is 4.47. The molecule has 0 spiro atoms. The Balaban J connectivity index is 1.46. The minimum Gasteiger partial charge on any atom is -0.372 e. The van der Waals surface area contributed by atoms with Gasteiger partial charge in [0, 0.05) is 31.6 Å². The summed E-state index contributed by atoms with van der Waals surface area (Å²) in [4.78, 5) is 40.5. The average Bonchev–Trinajstić information content (AvgIpc) is 2.89. The molecule has 1 saturated heterocycles. The second-order valence-corrected chi connectivity index (χ2v) is 8.83. The molecule has 1 aliphatic heterocycles. The lowest BCUT2D eigenvalue weighted by molar-refractivity contribution is -0.114. The second-order valence-electron chi connectivity index (χ2n) is 8.83. The van der Waals surface area contributed by atoms with Gasteiger partial charge in [-0.3, -0.25) is 14.2 Å². The molecular formula is C28H27N5O2. The smallest absolute Gasteiger partial charge is 0.275 e. The maximum atomic E-state index is 12.8. The van der Waals surface area contributed by atoms with Gasteiger partial charge in [0.05, 0.1) is 18.1 Å². The van der Waals surface area contributed by atoms with Gasteiger partial charge in [0.25, 0.3) is 5.56 Å². The van der Waals surface area contributed by atoms with Crippen LogP contribution in [-0.4, -0.2) is 38.4 Å². The normalized spacial score (nSPS) is 13.7. The Morgan fingerprint density at radius 3 is 2.51 bits per heavy atom. The SMILES string of the molecule is C=CC(=O)Cc1cccc(-n2c(=O)cnc3cnc(Cc4ccc(N5CCCCC5)cc4)nc32)c1. The number of hydrogen-bond donors (Lipinski definition) is 0. The number of ketones is 1. The number of allylic oxidation sites excluding steroid dienone is 1. The summed E-state index contributed by atoms with van der Waals surface area (Å²) in [6, 6.07) is 15.9. The van der Waals surface area contributed by atoms with E-state index in [1.54, 1.807) is 6.20 Å². The van der Waals surface area contributed by atoms with Crippen LogP contribution in [0.3, 0.4) is 0 Å². The minimum absolute atomic E-state index is 0.0787. The number of aromatic nitrogens is 4. The predicted molar refractivity (Wildman–Crippen MR) is 137 cm³/mol. The number of hydrogen-bond acceptors (Lipinski definition) is 6. The van der Waals surface area contributed by atoms with Crippen molar-refractivity contribution >= 4 is 22.6 Å². The number of benzene rings is 2. The molecule has 0 bridgehead atoms. The van der Waals surface area contributed by atoms with Crippen LogP contribution in [0.1, 0.15) is 36.2 Å². The van der Waals surface area contributed by atoms with E-state index in [0.717, 1.165) is 24.2 Å². The lowest BCUT2D eigenvalue weighted by Gasteiger charge is -2.28. The van der Waals surface area contributed by atoms with Crippen LogP contribution in [0.25, 0.3) is 16.9 Å². The lowest BCUT2D eigenvalue weighted by atomic mass is 10.1. The van der Waals surface area contributed by atoms with Crippen LogP contribution in [0.5, 0.6) is 0 Å². The highest BCUT2D eigenvalue weighted by molar-refractivity contribution is 5.90. The second kappa shape index (κ2) is 10.0. The third-order valence-corrected chi connectivity index (χ3v) is 6.34. The van der Waals surface area contributed by atoms with Crippen molar-refractivity contribution in [3.05, 3.63) is 101 Å². The highest BCUT2D eigenvalue weighted by atomic mass is 16.1. The molecule has 0 atom stereocenters. The van der Waals surface area contributed by atoms with Gasteiger partial charge in [-0.1, -0.05) is 30.8 Å². The van der Waals surface area contributed by atoms with E-state index in [1.807, 2.05) is 24.3 Å². The van der Waals surface area contributed by atoms with E-state index in [9.17, 15) is 9.59 Å². The maximum Gasteiger partial charge on any atom is 0.275 e. The Kier molecular flexibility index (Phi) is 6.48. The number of carbonyl (C=O) groups excluding carboxylic acids is 1. The first-order chi connectivity index (χ1) is 17.1. The molecule has 4 aromatic rings. The number of nitrogens with zero attached hydrogens (tertiary/aromatic N) is 5. The monoisotopic (exact) mass is 465 g/mol. The van der Waals surface area contributed by atoms with E-state index in [2.05, 4.69) is 45.7 Å². The summed E-state index contributed by atoms with van der Waals surface area (Å²) in [6.07, 6.45) is 8.80. The summed E-state index contributed by atoms with van der Waals surface area (Å²) >= 11 is 0. The Hall–Kier alpha value is -4.13. The Morgan fingerprint density at radius 2 is 1.74 bits per heavy atom. The highest BCUT2D eigenvalue weighted by Crippen LogP contribution is 2.21. The lowest BCUT2D eigenvalue weighted by Crippen LogP contribution is -2.29. The molecule has 35 heavy (non-hydrogen) atoms. The first-order valence-electron chi connectivity index (χ1n) is 11.9. The molecule has 0 saturated carbocycles. The molecule has 176 valence electrons. The largest absolute Gasteiger partial charge is 0.372 e. The first-order valence-corrected chi connectivity index (χ1v) is 11.9. The summed E-state index contributed by atoms with van der Waals surface area (Å²) < 4.78 is 1.52. The molecule has 5 rings (SSSR count). The topological polar surface area (TPSA) is 81.0 Å². The average molecular weight is 466 g/mol. The molecular weight excluding hydrogens is 438 g/mol. The van der Waals surface area contributed by atoms with Gasteiger partial charge in [-0.05, 0) is 60.7 Å². The van der Waals surface area contributed by atoms with Gasteiger partial charge in [-0.25, -0.2) is 15.0 Å². The quantitative estimate of drug-likeness (QED) is 0.383. The van der Waals surface area contributed by atoms with E-state index in [-0.39, 0.29) is 17.8 Å². The van der Waals surface area contributed by atoms with Gasteiger partial charge in [-0.15, -0.1) is 0 Å². The summed E-state index contributed by atoms with van der Waals surface area (Å²) in [5, 5.41) is 0. The molecule has 3 heterocycles. The third-order valence-electron chi connectivity index (χ3n) is 6.34. The molecule has 7 nitrogen and oxygen atoms in total. The van der Waals surface area contributed by atoms with Crippen LogP contribution in [0.15, 0.2) is 78.4 Å². The standard InChI is InChI=1S/C28H27N5O2/c1-2-24(34)16-21-7-6-8-23(15-21)33-27(35)19-29-25-18-30-26(31-28(25)33)17-20-9-11-22(12-10-20)32-13-4-3-5-14-32/h2,6-12,15,18-19H,1,3-5,13-14,16-17H2. The molecule has 0 aliphatic carbocycles. The van der Waals surface area contributed by atoms with Gasteiger partial charge in [0.2, 0.25) is 0 Å². The van der Waals surface area contributed by atoms with Crippen LogP contribution >= 0.6 is 0 Å². The molecule has 7 heteroatoms. The van der Waals surface area contributed by atoms with E-state index >= 15 is 0 Å². The van der Waals surface area contributed by atoms with Crippen LogP contribution in [0, 0.1) is 0 Å². The van der Waals surface area contributed by atoms with Crippen molar-refractivity contribution in [3.63, 3.8) is 0 Å². The molecule has 0 radical (unpaired) electrons. The molecule has 1 fully saturated rings. The summed E-state index contributed by atoms with van der Waals surface area (Å²) in [6.45, 7) is 5.76. The van der Waals surface area contributed by atoms with E-state index in [1.165, 1.54) is 41.8 Å². The Labute approximate surface area is 203 Å². The van der Waals surface area contributed by atoms with Gasteiger partial charge >= 0.3 is 0 Å². The summed E-state index contributed by atoms with van der Waals surface area (Å²) in [5.74, 6) is 0.535. The van der Waals surface area contributed by atoms with Crippen LogP contribution in [0.4, 0.5) is 5.69 Å². The van der Waals surface area contributed by atoms with Gasteiger partial charge in [0.1, 0.15) is 11.3 Å². The number of anilines is 1. The van der Waals surface area contributed by atoms with Crippen LogP contribution < -0.4 is 10.5 Å².